The number of anilines is 1. The van der Waals surface area contributed by atoms with E-state index in [0.29, 0.717) is 29.7 Å². The number of hydrogen-bond donors (Lipinski definition) is 0. The molecule has 1 saturated heterocycles. The lowest BCUT2D eigenvalue weighted by molar-refractivity contribution is -0.137. The van der Waals surface area contributed by atoms with Crippen molar-refractivity contribution in [2.24, 2.45) is 13.0 Å². The molecule has 0 amide bonds. The van der Waals surface area contributed by atoms with Crippen molar-refractivity contribution in [1.82, 2.24) is 9.55 Å². The lowest BCUT2D eigenvalue weighted by Crippen LogP contribution is -2.56. The molecule has 178 valence electrons. The van der Waals surface area contributed by atoms with Crippen LogP contribution in [-0.4, -0.2) is 27.7 Å². The van der Waals surface area contributed by atoms with Gasteiger partial charge in [-0.2, -0.15) is 18.4 Å². The highest BCUT2D eigenvalue weighted by Crippen LogP contribution is 2.40. The molecule has 34 heavy (non-hydrogen) atoms. The van der Waals surface area contributed by atoms with Crippen LogP contribution in [0.1, 0.15) is 38.4 Å². The Morgan fingerprint density at radius 3 is 2.62 bits per heavy atom. The molecule has 0 aliphatic carbocycles. The van der Waals surface area contributed by atoms with E-state index < -0.39 is 17.3 Å². The minimum absolute atomic E-state index is 0.0866. The van der Waals surface area contributed by atoms with Crippen LogP contribution in [-0.2, 0) is 13.2 Å². The molecule has 0 radical (unpaired) electrons. The summed E-state index contributed by atoms with van der Waals surface area (Å²) >= 11 is 0. The molecule has 1 aliphatic heterocycles. The van der Waals surface area contributed by atoms with Crippen LogP contribution in [0.5, 0.6) is 5.75 Å². The zero-order valence-corrected chi connectivity index (χ0v) is 19.3. The van der Waals surface area contributed by atoms with Gasteiger partial charge in [-0.25, -0.2) is 4.98 Å². The lowest BCUT2D eigenvalue weighted by atomic mass is 9.80. The number of nitriles is 1. The van der Waals surface area contributed by atoms with Gasteiger partial charge < -0.3 is 14.2 Å². The van der Waals surface area contributed by atoms with Crippen molar-refractivity contribution in [3.63, 3.8) is 0 Å². The van der Waals surface area contributed by atoms with E-state index in [1.54, 1.807) is 19.2 Å². The van der Waals surface area contributed by atoms with Gasteiger partial charge in [-0.1, -0.05) is 13.0 Å². The highest BCUT2D eigenvalue weighted by molar-refractivity contribution is 5.89. The molecule has 1 fully saturated rings. The van der Waals surface area contributed by atoms with Crippen LogP contribution in [0.2, 0.25) is 0 Å². The van der Waals surface area contributed by atoms with Crippen molar-refractivity contribution in [1.29, 1.82) is 5.26 Å². The molecule has 0 spiro atoms. The first kappa shape index (κ1) is 23.6. The van der Waals surface area contributed by atoms with Gasteiger partial charge in [-0.05, 0) is 44.2 Å². The molecular formula is C25H25F3N4O2. The first-order chi connectivity index (χ1) is 15.9. The lowest BCUT2D eigenvalue weighted by Gasteiger charge is -2.49. The number of ether oxygens (including phenoxy) is 1. The average Bonchev–Trinajstić information content (AvgIpc) is 2.78. The van der Waals surface area contributed by atoms with E-state index in [2.05, 4.69) is 9.88 Å². The summed E-state index contributed by atoms with van der Waals surface area (Å²) in [5.74, 6) is 0.0840. The monoisotopic (exact) mass is 470 g/mol. The fourth-order valence-corrected chi connectivity index (χ4v) is 4.64. The maximum Gasteiger partial charge on any atom is 0.416 e. The Morgan fingerprint density at radius 1 is 1.21 bits per heavy atom. The molecule has 9 heteroatoms. The number of benzene rings is 1. The Balaban J connectivity index is 1.68. The van der Waals surface area contributed by atoms with Gasteiger partial charge in [-0.15, -0.1) is 0 Å². The molecule has 4 rings (SSSR count). The minimum atomic E-state index is -4.45. The van der Waals surface area contributed by atoms with Gasteiger partial charge in [0, 0.05) is 38.0 Å². The van der Waals surface area contributed by atoms with Gasteiger partial charge in [0.1, 0.15) is 28.6 Å². The zero-order valence-electron chi connectivity index (χ0n) is 19.3. The number of hydrogen-bond acceptors (Lipinski definition) is 5. The van der Waals surface area contributed by atoms with Crippen molar-refractivity contribution < 1.29 is 17.9 Å². The second-order valence-corrected chi connectivity index (χ2v) is 9.15. The minimum Gasteiger partial charge on any atom is -0.487 e. The van der Waals surface area contributed by atoms with Crippen LogP contribution < -0.4 is 15.2 Å². The van der Waals surface area contributed by atoms with E-state index in [0.717, 1.165) is 12.1 Å². The molecule has 1 aliphatic rings. The Hall–Kier alpha value is -3.54. The Morgan fingerprint density at radius 2 is 1.94 bits per heavy atom. The van der Waals surface area contributed by atoms with Crippen molar-refractivity contribution in [2.45, 2.75) is 45.0 Å². The summed E-state index contributed by atoms with van der Waals surface area (Å²) in [6.07, 6.45) is -3.93. The molecule has 1 aromatic carbocycles. The summed E-state index contributed by atoms with van der Waals surface area (Å²) in [7, 11) is 1.66. The number of pyridine rings is 2. The molecule has 3 atom stereocenters. The van der Waals surface area contributed by atoms with Crippen molar-refractivity contribution in [2.75, 3.05) is 11.4 Å². The van der Waals surface area contributed by atoms with Crippen LogP contribution in [0.25, 0.3) is 11.0 Å². The van der Waals surface area contributed by atoms with E-state index in [4.69, 9.17) is 4.74 Å². The van der Waals surface area contributed by atoms with E-state index in [1.807, 2.05) is 26.8 Å². The largest absolute Gasteiger partial charge is 0.487 e. The topological polar surface area (TPSA) is 71.2 Å². The number of alkyl halides is 3. The van der Waals surface area contributed by atoms with E-state index in [1.165, 1.54) is 22.8 Å². The number of nitrogens with zero attached hydrogens (tertiary/aromatic N) is 4. The summed E-state index contributed by atoms with van der Waals surface area (Å²) in [5.41, 5.74) is 0.400. The Bertz CT molecular complexity index is 1340. The van der Waals surface area contributed by atoms with Crippen molar-refractivity contribution in [3.8, 4) is 11.8 Å². The molecule has 3 heterocycles. The quantitative estimate of drug-likeness (QED) is 0.545. The molecule has 0 saturated carbocycles. The summed E-state index contributed by atoms with van der Waals surface area (Å²) in [5, 5.41) is 9.31. The maximum atomic E-state index is 13.1. The second-order valence-electron chi connectivity index (χ2n) is 9.15. The molecule has 3 aromatic rings. The molecule has 0 bridgehead atoms. The predicted molar refractivity (Wildman–Crippen MR) is 123 cm³/mol. The normalized spacial score (nSPS) is 23.1. The van der Waals surface area contributed by atoms with Gasteiger partial charge in [0.2, 0.25) is 0 Å². The van der Waals surface area contributed by atoms with Crippen LogP contribution in [0.15, 0.2) is 47.3 Å². The van der Waals surface area contributed by atoms with Crippen molar-refractivity contribution in [3.05, 3.63) is 64.1 Å². The van der Waals surface area contributed by atoms with Crippen LogP contribution in [0.3, 0.4) is 0 Å². The molecule has 6 nitrogen and oxygen atoms in total. The first-order valence-electron chi connectivity index (χ1n) is 11.0. The van der Waals surface area contributed by atoms with E-state index in [-0.39, 0.29) is 29.0 Å². The maximum absolute atomic E-state index is 13.1. The van der Waals surface area contributed by atoms with Gasteiger partial charge in [0.25, 0.3) is 5.56 Å². The number of aryl methyl sites for hydroxylation is 1. The summed E-state index contributed by atoms with van der Waals surface area (Å²) in [4.78, 5) is 19.2. The predicted octanol–water partition coefficient (Wildman–Crippen LogP) is 4.90. The molecule has 2 aromatic heterocycles. The molecule has 1 unspecified atom stereocenters. The van der Waals surface area contributed by atoms with Gasteiger partial charge >= 0.3 is 6.18 Å². The number of rotatable bonds is 3. The standard InChI is InChI=1S/C25H25F3N4O2/c1-15-14-32(21-11-22(33)31(4)20-9-8-18(13-29)30-23(20)21)16(2)12-24(15,3)34-19-7-5-6-17(10-19)25(26,27)28/h5-11,15-16H,12,14H2,1-4H3/t15-,16-,24?/m0/s1. The van der Waals surface area contributed by atoms with Gasteiger partial charge in [0.15, 0.2) is 0 Å². The number of piperidine rings is 1. The third-order valence-corrected chi connectivity index (χ3v) is 6.75. The van der Waals surface area contributed by atoms with E-state index in [9.17, 15) is 23.2 Å². The van der Waals surface area contributed by atoms with Gasteiger partial charge in [-0.3, -0.25) is 4.79 Å². The fourth-order valence-electron chi connectivity index (χ4n) is 4.64. The van der Waals surface area contributed by atoms with Crippen LogP contribution >= 0.6 is 0 Å². The van der Waals surface area contributed by atoms with E-state index >= 15 is 0 Å². The van der Waals surface area contributed by atoms with Crippen LogP contribution in [0, 0.1) is 17.2 Å². The zero-order chi connectivity index (χ0) is 24.8. The smallest absolute Gasteiger partial charge is 0.416 e. The summed E-state index contributed by atoms with van der Waals surface area (Å²) in [6.45, 7) is 6.36. The number of halogens is 3. The fraction of sp³-hybridized carbons (Fsp3) is 0.400. The summed E-state index contributed by atoms with van der Waals surface area (Å²) < 4.78 is 47.1. The third-order valence-electron chi connectivity index (χ3n) is 6.75. The molecule has 0 N–H and O–H groups in total. The Labute approximate surface area is 195 Å². The third kappa shape index (κ3) is 4.20. The summed E-state index contributed by atoms with van der Waals surface area (Å²) in [6, 6.07) is 11.7. The SMILES string of the molecule is C[C@H]1CC(C)(Oc2cccc(C(F)(F)F)c2)[C@@H](C)CN1c1cc(=O)n(C)c2ccc(C#N)nc12. The molecular weight excluding hydrogens is 445 g/mol. The average molecular weight is 470 g/mol. The first-order valence-corrected chi connectivity index (χ1v) is 11.0. The highest BCUT2D eigenvalue weighted by atomic mass is 19.4. The van der Waals surface area contributed by atoms with Crippen molar-refractivity contribution >= 4 is 16.7 Å². The number of fused-ring (bicyclic) bond motifs is 1. The van der Waals surface area contributed by atoms with Gasteiger partial charge in [0.05, 0.1) is 16.8 Å². The Kier molecular flexibility index (Phi) is 5.80. The second kappa shape index (κ2) is 8.35. The highest BCUT2D eigenvalue weighted by Gasteiger charge is 2.43. The number of aromatic nitrogens is 2. The van der Waals surface area contributed by atoms with Crippen LogP contribution in [0.4, 0.5) is 18.9 Å².